The molecule has 0 aromatic heterocycles. The number of para-hydroxylation sites is 1. The van der Waals surface area contributed by atoms with Gasteiger partial charge in [0.05, 0.1) is 5.56 Å². The van der Waals surface area contributed by atoms with Crippen LogP contribution < -0.4 is 11.1 Å². The number of anilines is 2. The van der Waals surface area contributed by atoms with Crippen LogP contribution in [0.3, 0.4) is 0 Å². The molecule has 20 heavy (non-hydrogen) atoms. The summed E-state index contributed by atoms with van der Waals surface area (Å²) < 4.78 is 52.8. The molecule has 0 spiro atoms. The molecule has 7 heteroatoms. The van der Waals surface area contributed by atoms with E-state index in [1.807, 2.05) is 0 Å². The summed E-state index contributed by atoms with van der Waals surface area (Å²) in [5.41, 5.74) is 4.30. The van der Waals surface area contributed by atoms with E-state index >= 15 is 0 Å². The van der Waals surface area contributed by atoms with E-state index in [0.717, 1.165) is 0 Å². The summed E-state index contributed by atoms with van der Waals surface area (Å²) in [6.45, 7) is 0. The first-order valence-electron chi connectivity index (χ1n) is 5.40. The number of hydrogen-bond donors (Lipinski definition) is 2. The second-order valence-corrected chi connectivity index (χ2v) is 3.88. The Morgan fingerprint density at radius 1 is 1.00 bits per heavy atom. The minimum absolute atomic E-state index is 0.0528. The molecular weight excluding hydrogens is 276 g/mol. The molecule has 0 fully saturated rings. The summed E-state index contributed by atoms with van der Waals surface area (Å²) >= 11 is 0. The average molecular weight is 284 g/mol. The van der Waals surface area contributed by atoms with Crippen LogP contribution in [-0.2, 0) is 0 Å². The topological polar surface area (TPSA) is 55.1 Å². The Labute approximate surface area is 111 Å². The summed E-state index contributed by atoms with van der Waals surface area (Å²) in [7, 11) is 0. The van der Waals surface area contributed by atoms with Gasteiger partial charge in [0.1, 0.15) is 5.69 Å². The Balaban J connectivity index is 2.41. The largest absolute Gasteiger partial charge is 0.398 e. The molecule has 0 aliphatic rings. The zero-order valence-electron chi connectivity index (χ0n) is 9.88. The van der Waals surface area contributed by atoms with Crippen LogP contribution in [0, 0.1) is 23.3 Å². The standard InChI is InChI=1S/C13H8F4N2O/c14-7-5-8(15)11(17)12(10(7)16)19-13(20)6-3-1-2-4-9(6)18/h1-5H,18H2,(H,19,20). The molecule has 0 saturated heterocycles. The smallest absolute Gasteiger partial charge is 0.257 e. The second-order valence-electron chi connectivity index (χ2n) is 3.88. The van der Waals surface area contributed by atoms with Gasteiger partial charge in [0, 0.05) is 11.8 Å². The molecule has 0 radical (unpaired) electrons. The second kappa shape index (κ2) is 5.20. The van der Waals surface area contributed by atoms with Crippen molar-refractivity contribution < 1.29 is 22.4 Å². The minimum Gasteiger partial charge on any atom is -0.398 e. The fraction of sp³-hybridized carbons (Fsp3) is 0. The Bertz CT molecular complexity index is 662. The van der Waals surface area contributed by atoms with Crippen molar-refractivity contribution in [2.45, 2.75) is 0 Å². The third kappa shape index (κ3) is 2.42. The lowest BCUT2D eigenvalue weighted by molar-refractivity contribution is 0.102. The minimum atomic E-state index is -1.69. The molecule has 1 amide bonds. The summed E-state index contributed by atoms with van der Waals surface area (Å²) in [4.78, 5) is 11.8. The van der Waals surface area contributed by atoms with Crippen LogP contribution in [-0.4, -0.2) is 5.91 Å². The lowest BCUT2D eigenvalue weighted by Crippen LogP contribution is -2.17. The van der Waals surface area contributed by atoms with Crippen LogP contribution in [0.1, 0.15) is 10.4 Å². The third-order valence-corrected chi connectivity index (χ3v) is 2.56. The van der Waals surface area contributed by atoms with Crippen LogP contribution in [0.2, 0.25) is 0 Å². The number of nitrogens with one attached hydrogen (secondary N) is 1. The third-order valence-electron chi connectivity index (χ3n) is 2.56. The van der Waals surface area contributed by atoms with Crippen molar-refractivity contribution in [3.05, 3.63) is 59.2 Å². The van der Waals surface area contributed by atoms with Gasteiger partial charge < -0.3 is 11.1 Å². The molecule has 2 rings (SSSR count). The predicted octanol–water partition coefficient (Wildman–Crippen LogP) is 3.08. The number of nitrogen functional groups attached to an aromatic ring is 1. The maximum atomic E-state index is 13.4. The first-order valence-corrected chi connectivity index (χ1v) is 5.40. The monoisotopic (exact) mass is 284 g/mol. The van der Waals surface area contributed by atoms with Crippen LogP contribution >= 0.6 is 0 Å². The van der Waals surface area contributed by atoms with Crippen molar-refractivity contribution in [1.29, 1.82) is 0 Å². The van der Waals surface area contributed by atoms with Gasteiger partial charge in [0.15, 0.2) is 23.3 Å². The van der Waals surface area contributed by atoms with Gasteiger partial charge in [-0.2, -0.15) is 0 Å². The highest BCUT2D eigenvalue weighted by molar-refractivity contribution is 6.07. The molecule has 2 aromatic carbocycles. The van der Waals surface area contributed by atoms with Crippen LogP contribution in [0.5, 0.6) is 0 Å². The highest BCUT2D eigenvalue weighted by Gasteiger charge is 2.21. The Kier molecular flexibility index (Phi) is 3.60. The molecule has 0 aliphatic carbocycles. The molecule has 0 unspecified atom stereocenters. The predicted molar refractivity (Wildman–Crippen MR) is 65.1 cm³/mol. The van der Waals surface area contributed by atoms with Gasteiger partial charge in [-0.25, -0.2) is 17.6 Å². The molecule has 0 bridgehead atoms. The number of carbonyl (C=O) groups excluding carboxylic acids is 1. The van der Waals surface area contributed by atoms with E-state index in [0.29, 0.717) is 0 Å². The zero-order valence-corrected chi connectivity index (χ0v) is 9.88. The first-order chi connectivity index (χ1) is 9.41. The van der Waals surface area contributed by atoms with Crippen molar-refractivity contribution in [1.82, 2.24) is 0 Å². The highest BCUT2D eigenvalue weighted by Crippen LogP contribution is 2.25. The van der Waals surface area contributed by atoms with Crippen LogP contribution in [0.4, 0.5) is 28.9 Å². The van der Waals surface area contributed by atoms with Gasteiger partial charge in [0.2, 0.25) is 0 Å². The van der Waals surface area contributed by atoms with Crippen LogP contribution in [0.25, 0.3) is 0 Å². The van der Waals surface area contributed by atoms with E-state index in [1.165, 1.54) is 18.2 Å². The summed E-state index contributed by atoms with van der Waals surface area (Å²) in [5, 5.41) is 1.77. The van der Waals surface area contributed by atoms with Gasteiger partial charge in [-0.15, -0.1) is 0 Å². The Hall–Kier alpha value is -2.57. The molecule has 2 aromatic rings. The number of benzene rings is 2. The molecular formula is C13H8F4N2O. The SMILES string of the molecule is Nc1ccccc1C(=O)Nc1c(F)c(F)cc(F)c1F. The molecule has 0 aliphatic heterocycles. The van der Waals surface area contributed by atoms with E-state index in [-0.39, 0.29) is 17.3 Å². The van der Waals surface area contributed by atoms with E-state index in [4.69, 9.17) is 5.73 Å². The fourth-order valence-electron chi connectivity index (χ4n) is 1.57. The molecule has 0 heterocycles. The van der Waals surface area contributed by atoms with Gasteiger partial charge in [-0.1, -0.05) is 12.1 Å². The number of halogens is 4. The molecule has 3 N–H and O–H groups in total. The van der Waals surface area contributed by atoms with Crippen molar-refractivity contribution in [3.8, 4) is 0 Å². The van der Waals surface area contributed by atoms with Crippen LogP contribution in [0.15, 0.2) is 30.3 Å². The fourth-order valence-corrected chi connectivity index (χ4v) is 1.57. The number of rotatable bonds is 2. The average Bonchev–Trinajstić information content (AvgIpc) is 2.41. The van der Waals surface area contributed by atoms with E-state index in [1.54, 1.807) is 11.4 Å². The van der Waals surface area contributed by atoms with E-state index < -0.39 is 34.9 Å². The lowest BCUT2D eigenvalue weighted by Gasteiger charge is -2.10. The Morgan fingerprint density at radius 3 is 2.10 bits per heavy atom. The normalized spacial score (nSPS) is 10.4. The highest BCUT2D eigenvalue weighted by atomic mass is 19.2. The molecule has 104 valence electrons. The van der Waals surface area contributed by atoms with Gasteiger partial charge in [-0.3, -0.25) is 4.79 Å². The van der Waals surface area contributed by atoms with Gasteiger partial charge in [-0.05, 0) is 12.1 Å². The van der Waals surface area contributed by atoms with Crippen molar-refractivity contribution in [2.24, 2.45) is 0 Å². The molecule has 0 saturated carbocycles. The number of nitrogens with two attached hydrogens (primary N) is 1. The first kappa shape index (κ1) is 13.9. The quantitative estimate of drug-likeness (QED) is 0.506. The molecule has 0 atom stereocenters. The van der Waals surface area contributed by atoms with Gasteiger partial charge in [0.25, 0.3) is 5.91 Å². The lowest BCUT2D eigenvalue weighted by atomic mass is 10.1. The van der Waals surface area contributed by atoms with E-state index in [2.05, 4.69) is 0 Å². The maximum Gasteiger partial charge on any atom is 0.257 e. The van der Waals surface area contributed by atoms with Crippen molar-refractivity contribution in [2.75, 3.05) is 11.1 Å². The summed E-state index contributed by atoms with van der Waals surface area (Å²) in [6.07, 6.45) is 0. The van der Waals surface area contributed by atoms with E-state index in [9.17, 15) is 22.4 Å². The number of carbonyl (C=O) groups is 1. The van der Waals surface area contributed by atoms with Gasteiger partial charge >= 0.3 is 0 Å². The number of hydrogen-bond acceptors (Lipinski definition) is 2. The molecule has 3 nitrogen and oxygen atoms in total. The zero-order chi connectivity index (χ0) is 14.9. The van der Waals surface area contributed by atoms with Crippen molar-refractivity contribution >= 4 is 17.3 Å². The summed E-state index contributed by atoms with van der Waals surface area (Å²) in [5.74, 6) is -7.58. The summed E-state index contributed by atoms with van der Waals surface area (Å²) in [6, 6.07) is 5.78. The Morgan fingerprint density at radius 2 is 1.55 bits per heavy atom. The maximum absolute atomic E-state index is 13.4. The number of amides is 1. The van der Waals surface area contributed by atoms with Crippen molar-refractivity contribution in [3.63, 3.8) is 0 Å².